The van der Waals surface area contributed by atoms with Crippen molar-refractivity contribution in [3.8, 4) is 0 Å². The zero-order chi connectivity index (χ0) is 16.2. The largest absolute Gasteiger partial charge is 0.310 e. The van der Waals surface area contributed by atoms with Crippen LogP contribution in [0.15, 0.2) is 59.5 Å². The Kier molecular flexibility index (Phi) is 6.72. The number of hydrogen-bond acceptors (Lipinski definition) is 3. The fourth-order valence-electron chi connectivity index (χ4n) is 2.83. The maximum absolute atomic E-state index is 13.1. The number of amides is 1. The highest BCUT2D eigenvalue weighted by molar-refractivity contribution is 8.00. The zero-order valence-corrected chi connectivity index (χ0v) is 15.6. The van der Waals surface area contributed by atoms with Gasteiger partial charge in [-0.2, -0.15) is 0 Å². The molecular weight excluding hydrogens is 340 g/mol. The van der Waals surface area contributed by atoms with E-state index < -0.39 is 0 Å². The smallest absolute Gasteiger partial charge is 0.245 e. The second-order valence-corrected chi connectivity index (χ2v) is 7.17. The molecular formula is C19H23ClN2OS. The molecule has 0 fully saturated rings. The number of fused-ring (bicyclic) bond motifs is 1. The first-order valence-corrected chi connectivity index (χ1v) is 8.81. The van der Waals surface area contributed by atoms with Gasteiger partial charge in [-0.1, -0.05) is 42.5 Å². The number of anilines is 1. The highest BCUT2D eigenvalue weighted by Gasteiger charge is 2.33. The highest BCUT2D eigenvalue weighted by atomic mass is 35.5. The second kappa shape index (κ2) is 8.56. The third kappa shape index (κ3) is 4.12. The molecule has 0 radical (unpaired) electrons. The molecule has 1 heterocycles. The monoisotopic (exact) mass is 362 g/mol. The molecule has 1 unspecified atom stereocenters. The molecule has 3 nitrogen and oxygen atoms in total. The number of carbonyl (C=O) groups excluding carboxylic acids is 1. The third-order valence-corrected chi connectivity index (χ3v) is 5.29. The van der Waals surface area contributed by atoms with Crippen LogP contribution in [0.2, 0.25) is 0 Å². The molecule has 2 aromatic carbocycles. The average Bonchev–Trinajstić information content (AvgIpc) is 2.57. The first-order chi connectivity index (χ1) is 11.2. The van der Waals surface area contributed by atoms with Crippen molar-refractivity contribution in [2.45, 2.75) is 16.6 Å². The van der Waals surface area contributed by atoms with E-state index in [1.807, 2.05) is 47.4 Å². The lowest BCUT2D eigenvalue weighted by Crippen LogP contribution is -2.38. The Hall–Kier alpha value is -1.49. The molecule has 24 heavy (non-hydrogen) atoms. The summed E-state index contributed by atoms with van der Waals surface area (Å²) in [6.45, 7) is 1.74. The minimum Gasteiger partial charge on any atom is -0.310 e. The number of thioether (sulfide) groups is 1. The number of rotatable bonds is 5. The number of hydrogen-bond donors (Lipinski definition) is 0. The molecule has 0 spiro atoms. The zero-order valence-electron chi connectivity index (χ0n) is 14.0. The quantitative estimate of drug-likeness (QED) is 0.794. The minimum atomic E-state index is -0.148. The van der Waals surface area contributed by atoms with E-state index in [0.717, 1.165) is 30.8 Å². The van der Waals surface area contributed by atoms with Crippen LogP contribution >= 0.6 is 24.2 Å². The topological polar surface area (TPSA) is 23.6 Å². The molecule has 0 saturated carbocycles. The molecule has 3 rings (SSSR count). The molecule has 1 amide bonds. The number of nitrogens with zero attached hydrogens (tertiary/aromatic N) is 2. The van der Waals surface area contributed by atoms with Gasteiger partial charge in [-0.3, -0.25) is 4.79 Å². The van der Waals surface area contributed by atoms with E-state index in [2.05, 4.69) is 31.1 Å². The van der Waals surface area contributed by atoms with Gasteiger partial charge in [-0.25, -0.2) is 0 Å². The van der Waals surface area contributed by atoms with Gasteiger partial charge in [0.25, 0.3) is 0 Å². The Bertz CT molecular complexity index is 678. The molecule has 0 aromatic heterocycles. The summed E-state index contributed by atoms with van der Waals surface area (Å²) in [4.78, 5) is 18.4. The molecule has 1 aliphatic heterocycles. The summed E-state index contributed by atoms with van der Waals surface area (Å²) in [5, 5.41) is -0.148. The Balaban J connectivity index is 0.00000208. The number of carbonyl (C=O) groups is 1. The third-order valence-electron chi connectivity index (χ3n) is 3.98. The maximum Gasteiger partial charge on any atom is 0.245 e. The summed E-state index contributed by atoms with van der Waals surface area (Å²) in [5.74, 6) is 0.193. The Labute approximate surface area is 154 Å². The van der Waals surface area contributed by atoms with Crippen molar-refractivity contribution in [3.05, 3.63) is 60.2 Å². The lowest BCUT2D eigenvalue weighted by atomic mass is 10.1. The van der Waals surface area contributed by atoms with E-state index in [4.69, 9.17) is 0 Å². The molecule has 0 N–H and O–H groups in total. The van der Waals surface area contributed by atoms with E-state index in [9.17, 15) is 4.79 Å². The average molecular weight is 363 g/mol. The van der Waals surface area contributed by atoms with Gasteiger partial charge >= 0.3 is 0 Å². The molecule has 0 bridgehead atoms. The van der Waals surface area contributed by atoms with E-state index >= 15 is 0 Å². The van der Waals surface area contributed by atoms with Crippen molar-refractivity contribution in [1.29, 1.82) is 0 Å². The standard InChI is InChI=1S/C19H22N2OS.ClH/c1-20(2)13-8-14-21-16-11-6-7-12-17(16)23-18(19(21)22)15-9-4-3-5-10-15;/h3-7,9-12,18H,8,13-14H2,1-2H3;1H. The van der Waals surface area contributed by atoms with Gasteiger partial charge in [0, 0.05) is 11.4 Å². The van der Waals surface area contributed by atoms with E-state index in [0.29, 0.717) is 0 Å². The Morgan fingerprint density at radius 1 is 1.04 bits per heavy atom. The van der Waals surface area contributed by atoms with Gasteiger partial charge in [-0.15, -0.1) is 24.2 Å². The van der Waals surface area contributed by atoms with Crippen LogP contribution < -0.4 is 4.90 Å². The normalized spacial score (nSPS) is 16.7. The molecule has 0 saturated heterocycles. The van der Waals surface area contributed by atoms with E-state index in [1.54, 1.807) is 11.8 Å². The summed E-state index contributed by atoms with van der Waals surface area (Å²) < 4.78 is 0. The van der Waals surface area contributed by atoms with Crippen molar-refractivity contribution in [2.24, 2.45) is 0 Å². The summed E-state index contributed by atoms with van der Waals surface area (Å²) in [7, 11) is 4.13. The van der Waals surface area contributed by atoms with Crippen molar-refractivity contribution in [2.75, 3.05) is 32.1 Å². The molecule has 2 aromatic rings. The Morgan fingerprint density at radius 3 is 2.42 bits per heavy atom. The van der Waals surface area contributed by atoms with Crippen molar-refractivity contribution < 1.29 is 4.79 Å². The van der Waals surface area contributed by atoms with Gasteiger partial charge in [0.1, 0.15) is 5.25 Å². The highest BCUT2D eigenvalue weighted by Crippen LogP contribution is 2.46. The summed E-state index contributed by atoms with van der Waals surface area (Å²) in [6.07, 6.45) is 0.971. The van der Waals surface area contributed by atoms with Crippen molar-refractivity contribution in [1.82, 2.24) is 4.90 Å². The number of para-hydroxylation sites is 1. The van der Waals surface area contributed by atoms with Crippen LogP contribution in [0.1, 0.15) is 17.2 Å². The Morgan fingerprint density at radius 2 is 1.71 bits per heavy atom. The molecule has 1 atom stereocenters. The first-order valence-electron chi connectivity index (χ1n) is 7.93. The van der Waals surface area contributed by atoms with Gasteiger partial charge in [0.2, 0.25) is 5.91 Å². The lowest BCUT2D eigenvalue weighted by Gasteiger charge is -2.34. The van der Waals surface area contributed by atoms with E-state index in [1.165, 1.54) is 4.90 Å². The van der Waals surface area contributed by atoms with Gasteiger partial charge < -0.3 is 9.80 Å². The molecule has 5 heteroatoms. The maximum atomic E-state index is 13.1. The SMILES string of the molecule is CN(C)CCCN1C(=O)C(c2ccccc2)Sc2ccccc21.Cl. The molecule has 1 aliphatic rings. The first kappa shape index (κ1) is 18.8. The number of benzene rings is 2. The minimum absolute atomic E-state index is 0. The predicted octanol–water partition coefficient (Wildman–Crippen LogP) is 4.24. The number of halogens is 1. The van der Waals surface area contributed by atoms with Crippen molar-refractivity contribution in [3.63, 3.8) is 0 Å². The molecule has 128 valence electrons. The van der Waals surface area contributed by atoms with Gasteiger partial charge in [-0.05, 0) is 44.8 Å². The lowest BCUT2D eigenvalue weighted by molar-refractivity contribution is -0.118. The fourth-order valence-corrected chi connectivity index (χ4v) is 4.06. The van der Waals surface area contributed by atoms with Crippen LogP contribution in [0.5, 0.6) is 0 Å². The van der Waals surface area contributed by atoms with Crippen LogP contribution in [-0.4, -0.2) is 38.0 Å². The summed E-state index contributed by atoms with van der Waals surface area (Å²) in [6, 6.07) is 18.3. The van der Waals surface area contributed by atoms with E-state index in [-0.39, 0.29) is 23.6 Å². The van der Waals surface area contributed by atoms with Crippen LogP contribution in [-0.2, 0) is 4.79 Å². The van der Waals surface area contributed by atoms with Gasteiger partial charge in [0.15, 0.2) is 0 Å². The van der Waals surface area contributed by atoms with Crippen LogP contribution in [0, 0.1) is 0 Å². The van der Waals surface area contributed by atoms with Crippen LogP contribution in [0.4, 0.5) is 5.69 Å². The van der Waals surface area contributed by atoms with Gasteiger partial charge in [0.05, 0.1) is 5.69 Å². The second-order valence-electron chi connectivity index (χ2n) is 6.02. The van der Waals surface area contributed by atoms with Crippen LogP contribution in [0.3, 0.4) is 0 Å². The predicted molar refractivity (Wildman–Crippen MR) is 104 cm³/mol. The van der Waals surface area contributed by atoms with Crippen LogP contribution in [0.25, 0.3) is 0 Å². The fraction of sp³-hybridized carbons (Fsp3) is 0.316. The van der Waals surface area contributed by atoms with Crippen molar-refractivity contribution >= 4 is 35.8 Å². The summed E-state index contributed by atoms with van der Waals surface area (Å²) >= 11 is 1.66. The molecule has 0 aliphatic carbocycles. The summed E-state index contributed by atoms with van der Waals surface area (Å²) in [5.41, 5.74) is 2.13.